The van der Waals surface area contributed by atoms with E-state index in [1.54, 1.807) is 11.6 Å². The molecule has 2 rings (SSSR count). The zero-order valence-corrected chi connectivity index (χ0v) is 8.07. The van der Waals surface area contributed by atoms with Gasteiger partial charge < -0.3 is 9.73 Å². The number of amides is 3. The van der Waals surface area contributed by atoms with Crippen molar-refractivity contribution in [3.8, 4) is 0 Å². The molecule has 1 saturated heterocycles. The molecule has 0 aromatic carbocycles. The number of carbonyl (C=O) groups is 3. The Balaban J connectivity index is 0.000000162. The third-order valence-electron chi connectivity index (χ3n) is 1.55. The Morgan fingerprint density at radius 2 is 2.07 bits per heavy atom. The maximum Gasteiger partial charge on any atom is 0.322 e. The summed E-state index contributed by atoms with van der Waals surface area (Å²) in [7, 11) is 0. The van der Waals surface area contributed by atoms with Crippen molar-refractivity contribution in [2.24, 2.45) is 0 Å². The van der Waals surface area contributed by atoms with Crippen LogP contribution in [0.5, 0.6) is 0 Å². The summed E-state index contributed by atoms with van der Waals surface area (Å²) in [6.07, 6.45) is 1.66. The molecule has 0 radical (unpaired) electrons. The fraction of sp³-hybridized carbons (Fsp3) is 0.222. The molecule has 3 amide bonds. The van der Waals surface area contributed by atoms with Gasteiger partial charge in [0.1, 0.15) is 5.76 Å². The summed E-state index contributed by atoms with van der Waals surface area (Å²) in [6.45, 7) is 1.73. The van der Waals surface area contributed by atoms with Crippen LogP contribution in [0.15, 0.2) is 22.8 Å². The van der Waals surface area contributed by atoms with E-state index in [4.69, 9.17) is 4.42 Å². The number of furan rings is 1. The minimum atomic E-state index is -0.834. The van der Waals surface area contributed by atoms with Gasteiger partial charge in [0.2, 0.25) is 5.78 Å². The third kappa shape index (κ3) is 3.63. The molecule has 0 bridgehead atoms. The second-order valence-electron chi connectivity index (χ2n) is 2.78. The molecule has 1 aliphatic heterocycles. The van der Waals surface area contributed by atoms with Crippen molar-refractivity contribution in [3.63, 3.8) is 0 Å². The number of aryl methyl sites for hydroxylation is 1. The van der Waals surface area contributed by atoms with E-state index in [0.29, 0.717) is 0 Å². The minimum Gasteiger partial charge on any atom is -0.470 e. The van der Waals surface area contributed by atoms with E-state index in [1.807, 2.05) is 19.1 Å². The highest BCUT2D eigenvalue weighted by Crippen LogP contribution is 1.93. The van der Waals surface area contributed by atoms with Gasteiger partial charge >= 0.3 is 6.03 Å². The summed E-state index contributed by atoms with van der Waals surface area (Å²) in [4.78, 5) is 30.8. The Bertz CT molecular complexity index is 369. The average Bonchev–Trinajstić information content (AvgIpc) is 2.64. The molecular weight excluding hydrogens is 200 g/mol. The van der Waals surface area contributed by atoms with E-state index in [9.17, 15) is 14.4 Å². The monoisotopic (exact) mass is 210 g/mol. The maximum atomic E-state index is 10.3. The second kappa shape index (κ2) is 4.94. The Hall–Kier alpha value is -2.11. The van der Waals surface area contributed by atoms with Gasteiger partial charge in [0.15, 0.2) is 0 Å². The number of imide groups is 1. The fourth-order valence-corrected chi connectivity index (χ4v) is 0.819. The van der Waals surface area contributed by atoms with Gasteiger partial charge in [-0.2, -0.15) is 0 Å². The number of nitrogens with one attached hydrogen (secondary N) is 2. The first-order chi connectivity index (χ1) is 7.09. The quantitative estimate of drug-likeness (QED) is 0.589. The largest absolute Gasteiger partial charge is 0.470 e. The lowest BCUT2D eigenvalue weighted by Gasteiger charge is -2.09. The summed E-state index contributed by atoms with van der Waals surface area (Å²) < 4.78 is 4.83. The first-order valence-electron chi connectivity index (χ1n) is 4.21. The number of urea groups is 1. The first-order valence-corrected chi connectivity index (χ1v) is 4.21. The van der Waals surface area contributed by atoms with Gasteiger partial charge in [-0.3, -0.25) is 14.9 Å². The lowest BCUT2D eigenvalue weighted by Crippen LogP contribution is -2.52. The third-order valence-corrected chi connectivity index (χ3v) is 1.55. The van der Waals surface area contributed by atoms with Crippen molar-refractivity contribution in [2.75, 3.05) is 6.54 Å². The zero-order chi connectivity index (χ0) is 11.3. The van der Waals surface area contributed by atoms with E-state index in [0.717, 1.165) is 5.76 Å². The second-order valence-corrected chi connectivity index (χ2v) is 2.78. The highest BCUT2D eigenvalue weighted by molar-refractivity contribution is 6.41. The molecule has 0 atom stereocenters. The SMILES string of the molecule is Cc1ccco1.O=C1NCC(=O)C(=O)N1. The molecule has 0 saturated carbocycles. The summed E-state index contributed by atoms with van der Waals surface area (Å²) >= 11 is 0. The zero-order valence-electron chi connectivity index (χ0n) is 8.07. The summed E-state index contributed by atoms with van der Waals surface area (Å²) in [6, 6.07) is 3.18. The Morgan fingerprint density at radius 3 is 2.40 bits per heavy atom. The van der Waals surface area contributed by atoms with Gasteiger partial charge in [-0.1, -0.05) is 0 Å². The Kier molecular flexibility index (Phi) is 3.61. The van der Waals surface area contributed by atoms with Crippen LogP contribution in [0.3, 0.4) is 0 Å². The summed E-state index contributed by atoms with van der Waals surface area (Å²) in [5.74, 6) is -0.483. The summed E-state index contributed by atoms with van der Waals surface area (Å²) in [5.41, 5.74) is 0. The van der Waals surface area contributed by atoms with E-state index < -0.39 is 17.7 Å². The van der Waals surface area contributed by atoms with E-state index >= 15 is 0 Å². The average molecular weight is 210 g/mol. The maximum absolute atomic E-state index is 10.3. The van der Waals surface area contributed by atoms with Gasteiger partial charge in [-0.15, -0.1) is 0 Å². The smallest absolute Gasteiger partial charge is 0.322 e. The molecule has 1 aliphatic rings. The van der Waals surface area contributed by atoms with E-state index in [2.05, 4.69) is 5.32 Å². The topological polar surface area (TPSA) is 88.4 Å². The van der Waals surface area contributed by atoms with Gasteiger partial charge in [0, 0.05) is 0 Å². The van der Waals surface area contributed by atoms with E-state index in [1.165, 1.54) is 0 Å². The molecule has 6 heteroatoms. The molecule has 1 aromatic heterocycles. The molecule has 1 fully saturated rings. The van der Waals surface area contributed by atoms with Crippen LogP contribution in [-0.2, 0) is 9.59 Å². The van der Waals surface area contributed by atoms with Crippen molar-refractivity contribution in [3.05, 3.63) is 24.2 Å². The predicted molar refractivity (Wildman–Crippen MR) is 50.0 cm³/mol. The van der Waals surface area contributed by atoms with Crippen LogP contribution < -0.4 is 10.6 Å². The summed E-state index contributed by atoms with van der Waals surface area (Å²) in [5, 5.41) is 3.93. The van der Waals surface area contributed by atoms with Gasteiger partial charge in [0.25, 0.3) is 5.91 Å². The van der Waals surface area contributed by atoms with Crippen LogP contribution >= 0.6 is 0 Å². The minimum absolute atomic E-state index is 0.190. The van der Waals surface area contributed by atoms with Gasteiger partial charge in [0.05, 0.1) is 12.8 Å². The molecule has 1 aromatic rings. The lowest BCUT2D eigenvalue weighted by molar-refractivity contribution is -0.137. The highest BCUT2D eigenvalue weighted by Gasteiger charge is 2.21. The fourth-order valence-electron chi connectivity index (χ4n) is 0.819. The molecular formula is C9H10N2O4. The lowest BCUT2D eigenvalue weighted by atomic mass is 10.3. The van der Waals surface area contributed by atoms with Crippen molar-refractivity contribution in [1.82, 2.24) is 10.6 Å². The van der Waals surface area contributed by atoms with Crippen LogP contribution in [0, 0.1) is 6.92 Å². The first kappa shape index (κ1) is 11.0. The van der Waals surface area contributed by atoms with Gasteiger partial charge in [-0.25, -0.2) is 4.79 Å². The van der Waals surface area contributed by atoms with Crippen LogP contribution in [0.1, 0.15) is 5.76 Å². The number of rotatable bonds is 0. The number of hydrogen-bond acceptors (Lipinski definition) is 4. The van der Waals surface area contributed by atoms with Crippen molar-refractivity contribution in [2.45, 2.75) is 6.92 Å². The van der Waals surface area contributed by atoms with E-state index in [-0.39, 0.29) is 6.54 Å². The Morgan fingerprint density at radius 1 is 1.33 bits per heavy atom. The number of carbonyl (C=O) groups excluding carboxylic acids is 3. The van der Waals surface area contributed by atoms with Crippen molar-refractivity contribution in [1.29, 1.82) is 0 Å². The molecule has 2 heterocycles. The number of Topliss-reactive ketones (excluding diaryl/α,β-unsaturated/α-hetero) is 1. The molecule has 6 nitrogen and oxygen atoms in total. The van der Waals surface area contributed by atoms with Crippen LogP contribution in [0.2, 0.25) is 0 Å². The molecule has 0 spiro atoms. The molecule has 2 N–H and O–H groups in total. The molecule has 0 aliphatic carbocycles. The van der Waals surface area contributed by atoms with Crippen molar-refractivity contribution >= 4 is 17.7 Å². The van der Waals surface area contributed by atoms with Crippen LogP contribution in [-0.4, -0.2) is 24.3 Å². The Labute approximate surface area is 85.6 Å². The predicted octanol–water partition coefficient (Wildman–Crippen LogP) is -0.0171. The molecule has 15 heavy (non-hydrogen) atoms. The number of hydrogen-bond donors (Lipinski definition) is 2. The van der Waals surface area contributed by atoms with Crippen molar-refractivity contribution < 1.29 is 18.8 Å². The molecule has 80 valence electrons. The molecule has 0 unspecified atom stereocenters. The standard InChI is InChI=1S/C5H6O.C4H4N2O3/c1-5-3-2-4-6-5;7-2-1-5-4(9)6-3(2)8/h2-4H,1H3;1H2,(H2,5,6,8,9). The normalized spacial score (nSPS) is 14.9. The van der Waals surface area contributed by atoms with Crippen LogP contribution in [0.4, 0.5) is 4.79 Å². The number of ketones is 1. The highest BCUT2D eigenvalue weighted by atomic mass is 16.3. The van der Waals surface area contributed by atoms with Gasteiger partial charge in [-0.05, 0) is 19.1 Å². The van der Waals surface area contributed by atoms with Crippen LogP contribution in [0.25, 0.3) is 0 Å².